The number of nitrogens with two attached hydrogens (primary N) is 1. The summed E-state index contributed by atoms with van der Waals surface area (Å²) in [6, 6.07) is 4.65. The topological polar surface area (TPSA) is 35.2 Å². The fourth-order valence-corrected chi connectivity index (χ4v) is 2.52. The number of fused-ring (bicyclic) bond motifs is 1. The van der Waals surface area contributed by atoms with Crippen molar-refractivity contribution in [2.75, 3.05) is 6.61 Å². The van der Waals surface area contributed by atoms with Crippen molar-refractivity contribution in [2.45, 2.75) is 64.8 Å². The van der Waals surface area contributed by atoms with Crippen LogP contribution in [0.25, 0.3) is 0 Å². The van der Waals surface area contributed by atoms with Crippen LogP contribution in [0.3, 0.4) is 0 Å². The average Bonchev–Trinajstić information content (AvgIpc) is 2.25. The summed E-state index contributed by atoms with van der Waals surface area (Å²) < 4.78 is 5.94. The summed E-state index contributed by atoms with van der Waals surface area (Å²) in [4.78, 5) is 0. The fourth-order valence-electron chi connectivity index (χ4n) is 2.52. The Labute approximate surface area is 129 Å². The van der Waals surface area contributed by atoms with E-state index in [9.17, 15) is 0 Å². The number of ether oxygens (including phenoxy) is 1. The maximum Gasteiger partial charge on any atom is 0.127 e. The molecule has 2 nitrogen and oxygen atoms in total. The first-order valence-corrected chi connectivity index (χ1v) is 7.18. The summed E-state index contributed by atoms with van der Waals surface area (Å²) in [6.07, 6.45) is 0.907. The van der Waals surface area contributed by atoms with Crippen LogP contribution in [0, 0.1) is 0 Å². The summed E-state index contributed by atoms with van der Waals surface area (Å²) in [5, 5.41) is 0. The van der Waals surface area contributed by atoms with E-state index in [2.05, 4.69) is 53.7 Å². The van der Waals surface area contributed by atoms with E-state index >= 15 is 0 Å². The Bertz CT molecular complexity index is 483. The van der Waals surface area contributed by atoms with Gasteiger partial charge in [0.1, 0.15) is 5.75 Å². The minimum atomic E-state index is 0. The molecule has 2 N–H and O–H groups in total. The van der Waals surface area contributed by atoms with E-state index in [1.165, 1.54) is 16.7 Å². The first-order chi connectivity index (χ1) is 8.60. The highest BCUT2D eigenvalue weighted by atomic mass is 35.5. The lowest BCUT2D eigenvalue weighted by atomic mass is 9.77. The van der Waals surface area contributed by atoms with Crippen LogP contribution < -0.4 is 10.5 Å². The molecule has 20 heavy (non-hydrogen) atoms. The molecule has 2 rings (SSSR count). The van der Waals surface area contributed by atoms with Gasteiger partial charge in [-0.05, 0) is 22.5 Å². The summed E-state index contributed by atoms with van der Waals surface area (Å²) in [7, 11) is 0. The molecule has 1 heterocycles. The van der Waals surface area contributed by atoms with Crippen LogP contribution in [0.1, 0.15) is 70.7 Å². The van der Waals surface area contributed by atoms with Crippen molar-refractivity contribution in [1.29, 1.82) is 0 Å². The molecule has 1 atom stereocenters. The second-order valence-corrected chi connectivity index (χ2v) is 7.69. The highest BCUT2D eigenvalue weighted by Gasteiger charge is 2.29. The molecule has 114 valence electrons. The van der Waals surface area contributed by atoms with Gasteiger partial charge in [0.2, 0.25) is 0 Å². The molecule has 0 spiro atoms. The van der Waals surface area contributed by atoms with Crippen LogP contribution in [0.5, 0.6) is 5.75 Å². The van der Waals surface area contributed by atoms with E-state index in [1.807, 2.05) is 0 Å². The van der Waals surface area contributed by atoms with Crippen molar-refractivity contribution >= 4 is 12.4 Å². The molecule has 1 aromatic rings. The molecular formula is C17H28ClNO. The van der Waals surface area contributed by atoms with Crippen molar-refractivity contribution in [3.8, 4) is 5.75 Å². The highest BCUT2D eigenvalue weighted by molar-refractivity contribution is 5.85. The predicted octanol–water partition coefficient (Wildman–Crippen LogP) is 4.49. The molecule has 0 aromatic heterocycles. The standard InChI is InChI=1S/C17H27NO.ClH/c1-16(2,3)11-9-12-14(18)7-8-19-15(12)13(10-11)17(4,5)6;/h9-10,14H,7-8,18H2,1-6H3;1H/t14-;/m0./s1. The van der Waals surface area contributed by atoms with E-state index in [0.29, 0.717) is 0 Å². The van der Waals surface area contributed by atoms with Gasteiger partial charge in [-0.2, -0.15) is 0 Å². The molecule has 1 aliphatic rings. The van der Waals surface area contributed by atoms with Gasteiger partial charge in [-0.25, -0.2) is 0 Å². The van der Waals surface area contributed by atoms with Gasteiger partial charge in [0.05, 0.1) is 6.61 Å². The Morgan fingerprint density at radius 2 is 1.65 bits per heavy atom. The first-order valence-electron chi connectivity index (χ1n) is 7.18. The molecule has 0 bridgehead atoms. The van der Waals surface area contributed by atoms with Gasteiger partial charge in [0.25, 0.3) is 0 Å². The first kappa shape index (κ1) is 17.3. The molecule has 0 saturated heterocycles. The average molecular weight is 298 g/mol. The smallest absolute Gasteiger partial charge is 0.127 e. The molecule has 0 unspecified atom stereocenters. The Kier molecular flexibility index (Phi) is 4.83. The van der Waals surface area contributed by atoms with E-state index in [4.69, 9.17) is 10.5 Å². The summed E-state index contributed by atoms with van der Waals surface area (Å²) >= 11 is 0. The van der Waals surface area contributed by atoms with Crippen LogP contribution in [-0.4, -0.2) is 6.61 Å². The van der Waals surface area contributed by atoms with Crippen LogP contribution >= 0.6 is 12.4 Å². The Morgan fingerprint density at radius 3 is 2.15 bits per heavy atom. The highest BCUT2D eigenvalue weighted by Crippen LogP contribution is 2.42. The number of rotatable bonds is 0. The predicted molar refractivity (Wildman–Crippen MR) is 88.1 cm³/mol. The molecule has 3 heteroatoms. The second kappa shape index (κ2) is 5.57. The van der Waals surface area contributed by atoms with Gasteiger partial charge >= 0.3 is 0 Å². The lowest BCUT2D eigenvalue weighted by Crippen LogP contribution is -2.26. The largest absolute Gasteiger partial charge is 0.493 e. The zero-order chi connectivity index (χ0) is 14.4. The minimum Gasteiger partial charge on any atom is -0.493 e. The maximum atomic E-state index is 6.29. The molecular weight excluding hydrogens is 270 g/mol. The van der Waals surface area contributed by atoms with Crippen LogP contribution in [0.2, 0.25) is 0 Å². The molecule has 0 amide bonds. The monoisotopic (exact) mass is 297 g/mol. The second-order valence-electron chi connectivity index (χ2n) is 7.69. The maximum absolute atomic E-state index is 6.29. The van der Waals surface area contributed by atoms with Gasteiger partial charge < -0.3 is 10.5 Å². The Hall–Kier alpha value is -0.730. The van der Waals surface area contributed by atoms with Gasteiger partial charge in [0, 0.05) is 23.6 Å². The number of hydrogen-bond donors (Lipinski definition) is 1. The number of halogens is 1. The van der Waals surface area contributed by atoms with Crippen molar-refractivity contribution in [3.05, 3.63) is 28.8 Å². The number of hydrogen-bond acceptors (Lipinski definition) is 2. The normalized spacial score (nSPS) is 18.9. The third-order valence-electron chi connectivity index (χ3n) is 3.87. The van der Waals surface area contributed by atoms with Gasteiger partial charge in [-0.15, -0.1) is 12.4 Å². The Morgan fingerprint density at radius 1 is 1.05 bits per heavy atom. The zero-order valence-electron chi connectivity index (χ0n) is 13.5. The molecule has 1 aromatic carbocycles. The third-order valence-corrected chi connectivity index (χ3v) is 3.87. The van der Waals surface area contributed by atoms with Gasteiger partial charge in [0.15, 0.2) is 0 Å². The number of benzene rings is 1. The van der Waals surface area contributed by atoms with E-state index in [0.717, 1.165) is 18.8 Å². The molecule has 0 radical (unpaired) electrons. The quantitative estimate of drug-likeness (QED) is 0.766. The van der Waals surface area contributed by atoms with Crippen molar-refractivity contribution in [1.82, 2.24) is 0 Å². The molecule has 0 fully saturated rings. The summed E-state index contributed by atoms with van der Waals surface area (Å²) in [5.41, 5.74) is 10.3. The third kappa shape index (κ3) is 3.29. The van der Waals surface area contributed by atoms with Crippen LogP contribution in [0.4, 0.5) is 0 Å². The molecule has 1 aliphatic heterocycles. The zero-order valence-corrected chi connectivity index (χ0v) is 14.4. The summed E-state index contributed by atoms with van der Waals surface area (Å²) in [5.74, 6) is 1.03. The summed E-state index contributed by atoms with van der Waals surface area (Å²) in [6.45, 7) is 14.2. The Balaban J connectivity index is 0.00000200. The van der Waals surface area contributed by atoms with E-state index < -0.39 is 0 Å². The van der Waals surface area contributed by atoms with Crippen LogP contribution in [-0.2, 0) is 10.8 Å². The van der Waals surface area contributed by atoms with E-state index in [-0.39, 0.29) is 29.3 Å². The van der Waals surface area contributed by atoms with Crippen molar-refractivity contribution in [2.24, 2.45) is 5.73 Å². The molecule has 0 aliphatic carbocycles. The van der Waals surface area contributed by atoms with Crippen molar-refractivity contribution in [3.63, 3.8) is 0 Å². The molecule has 0 saturated carbocycles. The van der Waals surface area contributed by atoms with Gasteiger partial charge in [-0.1, -0.05) is 47.6 Å². The SMILES string of the molecule is CC(C)(C)c1cc2c(c(C(C)(C)C)c1)OCC[C@@H]2N.Cl. The fraction of sp³-hybridized carbons (Fsp3) is 0.647. The lowest BCUT2D eigenvalue weighted by molar-refractivity contribution is 0.261. The minimum absolute atomic E-state index is 0. The van der Waals surface area contributed by atoms with Crippen LogP contribution in [0.15, 0.2) is 12.1 Å². The van der Waals surface area contributed by atoms with Gasteiger partial charge in [-0.3, -0.25) is 0 Å². The lowest BCUT2D eigenvalue weighted by Gasteiger charge is -2.33. The van der Waals surface area contributed by atoms with E-state index in [1.54, 1.807) is 0 Å². The van der Waals surface area contributed by atoms with Crippen molar-refractivity contribution < 1.29 is 4.74 Å².